The molecule has 1 aliphatic rings. The topological polar surface area (TPSA) is 79.5 Å². The summed E-state index contributed by atoms with van der Waals surface area (Å²) in [5, 5.41) is 17.5. The fourth-order valence-electron chi connectivity index (χ4n) is 2.29. The number of aromatic hydroxyl groups is 1. The number of phenolic OH excluding ortho intramolecular Hbond substituents is 1. The first-order valence-corrected chi connectivity index (χ1v) is 8.85. The molecular weight excluding hydrogens is 396 g/mol. The van der Waals surface area contributed by atoms with Crippen molar-refractivity contribution in [3.8, 4) is 11.5 Å². The summed E-state index contributed by atoms with van der Waals surface area (Å²) in [4.78, 5) is 1.51. The van der Waals surface area contributed by atoms with E-state index in [2.05, 4.69) is 31.8 Å². The van der Waals surface area contributed by atoms with Crippen LogP contribution in [0.4, 0.5) is 0 Å². The van der Waals surface area contributed by atoms with Crippen molar-refractivity contribution in [2.75, 3.05) is 46.5 Å². The Labute approximate surface area is 155 Å². The van der Waals surface area contributed by atoms with E-state index in [1.165, 1.54) is 12.0 Å². The van der Waals surface area contributed by atoms with E-state index in [4.69, 9.17) is 21.7 Å². The van der Waals surface area contributed by atoms with Gasteiger partial charge in [0.15, 0.2) is 16.6 Å². The van der Waals surface area contributed by atoms with E-state index in [-0.39, 0.29) is 5.75 Å². The first-order valence-electron chi connectivity index (χ1n) is 7.65. The molecule has 0 atom stereocenters. The maximum absolute atomic E-state index is 9.79. The second-order valence-corrected chi connectivity index (χ2v) is 6.55. The SMILES string of the molecule is COc1cc(Br)c(/C=N\NC(=S)NCC[NH+]2CCOCC2)cc1O. The normalized spacial score (nSPS) is 15.4. The molecule has 0 unspecified atom stereocenters. The highest BCUT2D eigenvalue weighted by molar-refractivity contribution is 9.10. The first-order chi connectivity index (χ1) is 11.6. The van der Waals surface area contributed by atoms with E-state index >= 15 is 0 Å². The number of rotatable bonds is 6. The van der Waals surface area contributed by atoms with E-state index < -0.39 is 0 Å². The number of ether oxygens (including phenoxy) is 2. The van der Waals surface area contributed by atoms with Crippen molar-refractivity contribution in [1.82, 2.24) is 10.7 Å². The van der Waals surface area contributed by atoms with Crippen molar-refractivity contribution in [3.63, 3.8) is 0 Å². The standard InChI is InChI=1S/C15H21BrN4O3S/c1-22-14-9-12(16)11(8-13(14)21)10-18-19-15(24)17-2-3-20-4-6-23-7-5-20/h8-10,21H,2-7H2,1H3,(H2,17,19,24)/p+1/b18-10-. The summed E-state index contributed by atoms with van der Waals surface area (Å²) in [5.74, 6) is 0.450. The molecule has 7 nitrogen and oxygen atoms in total. The molecule has 1 aromatic carbocycles. The van der Waals surface area contributed by atoms with Crippen molar-refractivity contribution in [2.45, 2.75) is 0 Å². The van der Waals surface area contributed by atoms with Gasteiger partial charge in [-0.2, -0.15) is 5.10 Å². The molecule has 1 heterocycles. The third-order valence-corrected chi connectivity index (χ3v) is 4.55. The molecule has 2 rings (SSSR count). The predicted octanol–water partition coefficient (Wildman–Crippen LogP) is -0.124. The van der Waals surface area contributed by atoms with Gasteiger partial charge in [-0.3, -0.25) is 5.43 Å². The number of nitrogens with one attached hydrogen (secondary N) is 3. The second kappa shape index (κ2) is 9.77. The van der Waals surface area contributed by atoms with Crippen LogP contribution in [-0.4, -0.2) is 62.9 Å². The Morgan fingerprint density at radius 2 is 2.25 bits per heavy atom. The lowest BCUT2D eigenvalue weighted by Crippen LogP contribution is -3.14. The molecule has 1 aromatic rings. The van der Waals surface area contributed by atoms with E-state index in [1.54, 1.807) is 18.3 Å². The maximum atomic E-state index is 9.79. The van der Waals surface area contributed by atoms with Gasteiger partial charge in [-0.25, -0.2) is 0 Å². The number of quaternary nitrogens is 1. The van der Waals surface area contributed by atoms with Crippen molar-refractivity contribution in [3.05, 3.63) is 22.2 Å². The molecule has 0 bridgehead atoms. The highest BCUT2D eigenvalue weighted by Gasteiger charge is 2.12. The summed E-state index contributed by atoms with van der Waals surface area (Å²) in [6, 6.07) is 3.24. The molecule has 0 radical (unpaired) electrons. The predicted molar refractivity (Wildman–Crippen MR) is 100 cm³/mol. The maximum Gasteiger partial charge on any atom is 0.187 e. The van der Waals surface area contributed by atoms with Gasteiger partial charge in [-0.05, 0) is 40.3 Å². The van der Waals surface area contributed by atoms with Crippen LogP contribution >= 0.6 is 28.1 Å². The van der Waals surface area contributed by atoms with Crippen LogP contribution in [0.25, 0.3) is 0 Å². The summed E-state index contributed by atoms with van der Waals surface area (Å²) in [7, 11) is 1.50. The average Bonchev–Trinajstić information content (AvgIpc) is 2.58. The van der Waals surface area contributed by atoms with Crippen LogP contribution in [0.5, 0.6) is 11.5 Å². The van der Waals surface area contributed by atoms with Crippen LogP contribution in [0.3, 0.4) is 0 Å². The molecule has 4 N–H and O–H groups in total. The molecular formula is C15H22BrN4O3S+. The summed E-state index contributed by atoms with van der Waals surface area (Å²) < 4.78 is 11.1. The van der Waals surface area contributed by atoms with Crippen LogP contribution in [0.2, 0.25) is 0 Å². The molecule has 0 spiro atoms. The molecule has 0 amide bonds. The highest BCUT2D eigenvalue weighted by Crippen LogP contribution is 2.31. The smallest absolute Gasteiger partial charge is 0.187 e. The monoisotopic (exact) mass is 417 g/mol. The molecule has 9 heteroatoms. The van der Waals surface area contributed by atoms with Crippen LogP contribution < -0.4 is 20.4 Å². The van der Waals surface area contributed by atoms with Gasteiger partial charge in [0.1, 0.15) is 13.1 Å². The third kappa shape index (κ3) is 5.90. The number of methoxy groups -OCH3 is 1. The minimum absolute atomic E-state index is 0.0522. The van der Waals surface area contributed by atoms with Gasteiger partial charge in [0, 0.05) is 10.0 Å². The number of benzene rings is 1. The Morgan fingerprint density at radius 3 is 2.96 bits per heavy atom. The number of halogens is 1. The summed E-state index contributed by atoms with van der Waals surface area (Å²) in [6.07, 6.45) is 1.57. The average molecular weight is 418 g/mol. The fourth-order valence-corrected chi connectivity index (χ4v) is 2.86. The van der Waals surface area contributed by atoms with E-state index in [0.717, 1.165) is 43.9 Å². The minimum atomic E-state index is 0.0522. The fraction of sp³-hybridized carbons (Fsp3) is 0.467. The molecule has 0 saturated carbocycles. The molecule has 0 aromatic heterocycles. The Balaban J connectivity index is 1.74. The van der Waals surface area contributed by atoms with Gasteiger partial charge in [-0.15, -0.1) is 0 Å². The van der Waals surface area contributed by atoms with Gasteiger partial charge < -0.3 is 24.8 Å². The first kappa shape index (κ1) is 18.9. The number of nitrogens with zero attached hydrogens (tertiary/aromatic N) is 1. The van der Waals surface area contributed by atoms with Gasteiger partial charge >= 0.3 is 0 Å². The van der Waals surface area contributed by atoms with Crippen molar-refractivity contribution >= 4 is 39.5 Å². The number of hydrogen-bond donors (Lipinski definition) is 4. The highest BCUT2D eigenvalue weighted by atomic mass is 79.9. The minimum Gasteiger partial charge on any atom is -0.504 e. The molecule has 132 valence electrons. The lowest BCUT2D eigenvalue weighted by Gasteiger charge is -2.23. The summed E-state index contributed by atoms with van der Waals surface area (Å²) in [5.41, 5.74) is 3.48. The van der Waals surface area contributed by atoms with Crippen molar-refractivity contribution in [2.24, 2.45) is 5.10 Å². The summed E-state index contributed by atoms with van der Waals surface area (Å²) >= 11 is 8.59. The quantitative estimate of drug-likeness (QED) is 0.293. The zero-order chi connectivity index (χ0) is 17.4. The van der Waals surface area contributed by atoms with Crippen LogP contribution in [0.15, 0.2) is 21.7 Å². The van der Waals surface area contributed by atoms with Gasteiger partial charge in [0.25, 0.3) is 0 Å². The zero-order valence-electron chi connectivity index (χ0n) is 13.5. The van der Waals surface area contributed by atoms with Crippen molar-refractivity contribution in [1.29, 1.82) is 0 Å². The summed E-state index contributed by atoms with van der Waals surface area (Å²) in [6.45, 7) is 5.50. The van der Waals surface area contributed by atoms with Gasteiger partial charge in [-0.1, -0.05) is 0 Å². The Kier molecular flexibility index (Phi) is 7.70. The molecule has 1 saturated heterocycles. The van der Waals surface area contributed by atoms with E-state index in [0.29, 0.717) is 16.4 Å². The number of thiocarbonyl (C=S) groups is 1. The number of hydrazone groups is 1. The molecule has 0 aliphatic carbocycles. The molecule has 24 heavy (non-hydrogen) atoms. The zero-order valence-corrected chi connectivity index (χ0v) is 15.9. The number of phenols is 1. The number of hydrogen-bond acceptors (Lipinski definition) is 5. The number of morpholine rings is 1. The molecule has 1 aliphatic heterocycles. The lowest BCUT2D eigenvalue weighted by molar-refractivity contribution is -0.906. The van der Waals surface area contributed by atoms with Crippen LogP contribution in [0.1, 0.15) is 5.56 Å². The van der Waals surface area contributed by atoms with Crippen molar-refractivity contribution < 1.29 is 19.5 Å². The van der Waals surface area contributed by atoms with Crippen LogP contribution in [-0.2, 0) is 4.74 Å². The Bertz CT molecular complexity index is 594. The van der Waals surface area contributed by atoms with E-state index in [9.17, 15) is 5.11 Å². The molecule has 1 fully saturated rings. The van der Waals surface area contributed by atoms with E-state index in [1.807, 2.05) is 0 Å². The van der Waals surface area contributed by atoms with Gasteiger partial charge in [0.05, 0.1) is 39.6 Å². The largest absolute Gasteiger partial charge is 0.504 e. The third-order valence-electron chi connectivity index (χ3n) is 3.63. The lowest BCUT2D eigenvalue weighted by atomic mass is 10.2. The Morgan fingerprint density at radius 1 is 1.50 bits per heavy atom. The second-order valence-electron chi connectivity index (χ2n) is 5.28. The van der Waals surface area contributed by atoms with Gasteiger partial charge in [0.2, 0.25) is 0 Å². The Hall–Kier alpha value is -1.42. The van der Waals surface area contributed by atoms with Crippen LogP contribution in [0, 0.1) is 0 Å².